The number of methoxy groups -OCH3 is 1. The van der Waals surface area contributed by atoms with Crippen LogP contribution in [0.1, 0.15) is 15.2 Å². The van der Waals surface area contributed by atoms with Crippen molar-refractivity contribution in [1.82, 2.24) is 0 Å². The molecule has 1 aromatic carbocycles. The number of ether oxygens (including phenoxy) is 2. The first kappa shape index (κ1) is 13.8. The van der Waals surface area contributed by atoms with Crippen molar-refractivity contribution in [2.45, 2.75) is 6.42 Å². The Balaban J connectivity index is 1.81. The normalized spacial score (nSPS) is 10.4. The Bertz CT molecular complexity index is 520. The number of hydrogen-bond acceptors (Lipinski definition) is 4. The van der Waals surface area contributed by atoms with Gasteiger partial charge in [0.2, 0.25) is 0 Å². The maximum absolute atomic E-state index is 12.0. The molecular formula is C15H16O3S. The number of para-hydroxylation sites is 1. The Morgan fingerprint density at radius 2 is 2.05 bits per heavy atom. The number of benzene rings is 1. The summed E-state index contributed by atoms with van der Waals surface area (Å²) in [4.78, 5) is 13.3. The van der Waals surface area contributed by atoms with Crippen molar-refractivity contribution in [3.8, 4) is 5.75 Å². The number of carbonyl (C=O) groups excluding carboxylic acids is 1. The summed E-state index contributed by atoms with van der Waals surface area (Å²) in [6.07, 6.45) is 0.844. The lowest BCUT2D eigenvalue weighted by atomic mass is 10.1. The van der Waals surface area contributed by atoms with E-state index in [0.29, 0.717) is 17.9 Å². The second-order valence-corrected chi connectivity index (χ2v) is 5.04. The summed E-state index contributed by atoms with van der Waals surface area (Å²) in [5.41, 5.74) is 0.570. The highest BCUT2D eigenvalue weighted by Gasteiger charge is 2.11. The van der Waals surface area contributed by atoms with Gasteiger partial charge in [0.05, 0.1) is 19.3 Å². The van der Waals surface area contributed by atoms with Crippen molar-refractivity contribution in [3.63, 3.8) is 0 Å². The summed E-state index contributed by atoms with van der Waals surface area (Å²) >= 11 is 1.70. The summed E-state index contributed by atoms with van der Waals surface area (Å²) in [6, 6.07) is 11.3. The zero-order chi connectivity index (χ0) is 13.5. The summed E-state index contributed by atoms with van der Waals surface area (Å²) in [5.74, 6) is 0.540. The highest BCUT2D eigenvalue weighted by atomic mass is 32.1. The smallest absolute Gasteiger partial charge is 0.192 e. The predicted molar refractivity (Wildman–Crippen MR) is 76.2 cm³/mol. The highest BCUT2D eigenvalue weighted by molar-refractivity contribution is 7.09. The van der Waals surface area contributed by atoms with Gasteiger partial charge in [-0.1, -0.05) is 18.2 Å². The standard InChI is InChI=1S/C15H16O3S/c1-17-15-7-3-2-6-13(15)14(16)11-18-9-8-12-5-4-10-19-12/h2-7,10H,8-9,11H2,1H3. The van der Waals surface area contributed by atoms with Crippen molar-refractivity contribution >= 4 is 17.1 Å². The molecule has 0 N–H and O–H groups in total. The van der Waals surface area contributed by atoms with Crippen LogP contribution in [0.2, 0.25) is 0 Å². The first-order chi connectivity index (χ1) is 9.31. The van der Waals surface area contributed by atoms with Crippen molar-refractivity contribution < 1.29 is 14.3 Å². The minimum absolute atomic E-state index is 0.0522. The first-order valence-electron chi connectivity index (χ1n) is 6.07. The van der Waals surface area contributed by atoms with Crippen LogP contribution in [0.5, 0.6) is 5.75 Å². The topological polar surface area (TPSA) is 35.5 Å². The second-order valence-electron chi connectivity index (χ2n) is 4.01. The molecule has 0 saturated carbocycles. The zero-order valence-corrected chi connectivity index (χ0v) is 11.6. The Morgan fingerprint density at radius 1 is 1.21 bits per heavy atom. The maximum Gasteiger partial charge on any atom is 0.192 e. The molecule has 2 rings (SSSR count). The molecule has 0 amide bonds. The van der Waals surface area contributed by atoms with E-state index in [1.165, 1.54) is 4.88 Å². The molecule has 2 aromatic rings. The molecular weight excluding hydrogens is 260 g/mol. The molecule has 3 nitrogen and oxygen atoms in total. The number of rotatable bonds is 7. The number of carbonyl (C=O) groups is 1. The Morgan fingerprint density at radius 3 is 2.79 bits per heavy atom. The van der Waals surface area contributed by atoms with Crippen molar-refractivity contribution in [1.29, 1.82) is 0 Å². The van der Waals surface area contributed by atoms with Crippen LogP contribution in [0.25, 0.3) is 0 Å². The third-order valence-corrected chi connectivity index (χ3v) is 3.65. The molecule has 0 fully saturated rings. The van der Waals surface area contributed by atoms with Crippen molar-refractivity contribution in [3.05, 3.63) is 52.2 Å². The molecule has 19 heavy (non-hydrogen) atoms. The third kappa shape index (κ3) is 3.91. The fourth-order valence-corrected chi connectivity index (χ4v) is 2.44. The molecule has 1 heterocycles. The van der Waals surface area contributed by atoms with Crippen molar-refractivity contribution in [2.75, 3.05) is 20.3 Å². The molecule has 1 aromatic heterocycles. The number of hydrogen-bond donors (Lipinski definition) is 0. The average molecular weight is 276 g/mol. The lowest BCUT2D eigenvalue weighted by molar-refractivity contribution is 0.0763. The van der Waals surface area contributed by atoms with Gasteiger partial charge < -0.3 is 9.47 Å². The van der Waals surface area contributed by atoms with Gasteiger partial charge in [-0.3, -0.25) is 4.79 Å². The monoisotopic (exact) mass is 276 g/mol. The average Bonchev–Trinajstić information content (AvgIpc) is 2.96. The second kappa shape index (κ2) is 7.07. The van der Waals surface area contributed by atoms with Crippen LogP contribution in [-0.4, -0.2) is 26.1 Å². The van der Waals surface area contributed by atoms with E-state index in [2.05, 4.69) is 6.07 Å². The zero-order valence-electron chi connectivity index (χ0n) is 10.8. The predicted octanol–water partition coefficient (Wildman–Crippen LogP) is 3.20. The molecule has 0 saturated heterocycles. The van der Waals surface area contributed by atoms with Gasteiger partial charge in [-0.2, -0.15) is 0 Å². The number of ketones is 1. The SMILES string of the molecule is COc1ccccc1C(=O)COCCc1cccs1. The summed E-state index contributed by atoms with van der Waals surface area (Å²) < 4.78 is 10.6. The summed E-state index contributed by atoms with van der Waals surface area (Å²) in [7, 11) is 1.56. The largest absolute Gasteiger partial charge is 0.496 e. The van der Waals surface area contributed by atoms with Crippen LogP contribution in [0, 0.1) is 0 Å². The molecule has 0 aliphatic heterocycles. The van der Waals surface area contributed by atoms with E-state index in [9.17, 15) is 4.79 Å². The summed E-state index contributed by atoms with van der Waals surface area (Å²) in [5, 5.41) is 2.04. The van der Waals surface area contributed by atoms with Gasteiger partial charge in [0, 0.05) is 11.3 Å². The van der Waals surface area contributed by atoms with Gasteiger partial charge in [0.25, 0.3) is 0 Å². The number of thiophene rings is 1. The molecule has 0 spiro atoms. The molecule has 0 aliphatic carbocycles. The van der Waals surface area contributed by atoms with E-state index in [0.717, 1.165) is 6.42 Å². The molecule has 0 radical (unpaired) electrons. The first-order valence-corrected chi connectivity index (χ1v) is 6.95. The molecule has 0 bridgehead atoms. The van der Waals surface area contributed by atoms with Gasteiger partial charge in [-0.05, 0) is 23.6 Å². The molecule has 0 unspecified atom stereocenters. The minimum atomic E-state index is -0.0522. The van der Waals surface area contributed by atoms with E-state index < -0.39 is 0 Å². The molecule has 0 aliphatic rings. The Hall–Kier alpha value is -1.65. The maximum atomic E-state index is 12.0. The van der Waals surface area contributed by atoms with Crippen LogP contribution in [0.3, 0.4) is 0 Å². The van der Waals surface area contributed by atoms with E-state index in [-0.39, 0.29) is 12.4 Å². The fraction of sp³-hybridized carbons (Fsp3) is 0.267. The van der Waals surface area contributed by atoms with E-state index in [1.807, 2.05) is 23.6 Å². The van der Waals surface area contributed by atoms with Crippen LogP contribution in [-0.2, 0) is 11.2 Å². The highest BCUT2D eigenvalue weighted by Crippen LogP contribution is 2.17. The number of Topliss-reactive ketones (excluding diaryl/α,β-unsaturated/α-hetero) is 1. The molecule has 0 atom stereocenters. The van der Waals surface area contributed by atoms with Gasteiger partial charge in [0.1, 0.15) is 12.4 Å². The quantitative estimate of drug-likeness (QED) is 0.575. The van der Waals surface area contributed by atoms with Crippen LogP contribution >= 0.6 is 11.3 Å². The molecule has 100 valence electrons. The van der Waals surface area contributed by atoms with Crippen LogP contribution < -0.4 is 4.74 Å². The minimum Gasteiger partial charge on any atom is -0.496 e. The fourth-order valence-electron chi connectivity index (χ4n) is 1.75. The third-order valence-electron chi connectivity index (χ3n) is 2.71. The van der Waals surface area contributed by atoms with Gasteiger partial charge in [0.15, 0.2) is 5.78 Å². The van der Waals surface area contributed by atoms with Crippen LogP contribution in [0.4, 0.5) is 0 Å². The van der Waals surface area contributed by atoms with E-state index >= 15 is 0 Å². The van der Waals surface area contributed by atoms with E-state index in [1.54, 1.807) is 30.6 Å². The molecule has 4 heteroatoms. The van der Waals surface area contributed by atoms with E-state index in [4.69, 9.17) is 9.47 Å². The van der Waals surface area contributed by atoms with Gasteiger partial charge in [-0.25, -0.2) is 0 Å². The Labute approximate surface area is 116 Å². The van der Waals surface area contributed by atoms with Gasteiger partial charge in [-0.15, -0.1) is 11.3 Å². The van der Waals surface area contributed by atoms with Gasteiger partial charge >= 0.3 is 0 Å². The lowest BCUT2D eigenvalue weighted by Gasteiger charge is -2.07. The summed E-state index contributed by atoms with van der Waals surface area (Å²) in [6.45, 7) is 0.646. The van der Waals surface area contributed by atoms with Crippen LogP contribution in [0.15, 0.2) is 41.8 Å². The lowest BCUT2D eigenvalue weighted by Crippen LogP contribution is -2.11. The Kier molecular flexibility index (Phi) is 5.12. The van der Waals surface area contributed by atoms with Crippen molar-refractivity contribution in [2.24, 2.45) is 0 Å².